The van der Waals surface area contributed by atoms with Crippen LogP contribution in [-0.2, 0) is 10.0 Å². The molecule has 1 N–H and O–H groups in total. The average Bonchev–Trinajstić information content (AvgIpc) is 2.68. The largest absolute Gasteiger partial charge is 0.280 e. The number of sulfonamides is 1. The Bertz CT molecular complexity index is 1000. The molecule has 26 heavy (non-hydrogen) atoms. The molecule has 1 aliphatic rings. The Kier molecular flexibility index (Phi) is 4.68. The van der Waals surface area contributed by atoms with Crippen LogP contribution in [0.3, 0.4) is 0 Å². The van der Waals surface area contributed by atoms with E-state index in [1.54, 1.807) is 18.2 Å². The first-order chi connectivity index (χ1) is 12.6. The van der Waals surface area contributed by atoms with Crippen molar-refractivity contribution in [2.45, 2.75) is 42.9 Å². The van der Waals surface area contributed by atoms with Crippen LogP contribution in [0, 0.1) is 0 Å². The fourth-order valence-corrected chi connectivity index (χ4v) is 4.87. The molecule has 0 aliphatic heterocycles. The number of nitrogens with one attached hydrogen (secondary N) is 1. The number of fused-ring (bicyclic) bond motifs is 1. The van der Waals surface area contributed by atoms with Gasteiger partial charge < -0.3 is 0 Å². The van der Waals surface area contributed by atoms with Crippen molar-refractivity contribution >= 4 is 26.5 Å². The monoisotopic (exact) mass is 365 g/mol. The molecule has 0 radical (unpaired) electrons. The molecule has 3 nitrogen and oxygen atoms in total. The number of benzene rings is 3. The minimum absolute atomic E-state index is 0.310. The molecule has 0 aromatic heterocycles. The zero-order valence-electron chi connectivity index (χ0n) is 14.7. The standard InChI is InChI=1S/C22H23NO2S/c24-26(25,23-21-13-10-18-8-4-5-9-20(18)16-21)22-14-11-19(12-15-22)17-6-2-1-3-7-17/h4-5,8-17,23H,1-3,6-7H2. The zero-order chi connectivity index (χ0) is 18.0. The summed E-state index contributed by atoms with van der Waals surface area (Å²) in [7, 11) is -3.58. The molecule has 1 fully saturated rings. The molecule has 4 rings (SSSR count). The minimum atomic E-state index is -3.58. The number of anilines is 1. The quantitative estimate of drug-likeness (QED) is 0.646. The van der Waals surface area contributed by atoms with Crippen LogP contribution in [0.5, 0.6) is 0 Å². The highest BCUT2D eigenvalue weighted by Crippen LogP contribution is 2.33. The highest BCUT2D eigenvalue weighted by molar-refractivity contribution is 7.92. The molecule has 0 atom stereocenters. The molecule has 4 heteroatoms. The van der Waals surface area contributed by atoms with Crippen molar-refractivity contribution in [2.75, 3.05) is 4.72 Å². The van der Waals surface area contributed by atoms with Gasteiger partial charge in [-0.3, -0.25) is 4.72 Å². The topological polar surface area (TPSA) is 46.2 Å². The Labute approximate surface area is 155 Å². The van der Waals surface area contributed by atoms with Crippen LogP contribution in [0.15, 0.2) is 71.6 Å². The van der Waals surface area contributed by atoms with E-state index in [2.05, 4.69) is 4.72 Å². The Morgan fingerprint density at radius 2 is 1.46 bits per heavy atom. The van der Waals surface area contributed by atoms with E-state index in [9.17, 15) is 8.42 Å². The second kappa shape index (κ2) is 7.12. The molecule has 0 spiro atoms. The molecule has 3 aromatic rings. The highest BCUT2D eigenvalue weighted by atomic mass is 32.2. The number of rotatable bonds is 4. The summed E-state index contributed by atoms with van der Waals surface area (Å²) in [5.41, 5.74) is 1.84. The molecule has 0 saturated heterocycles. The average molecular weight is 365 g/mol. The SMILES string of the molecule is O=S(=O)(Nc1ccc2ccccc2c1)c1ccc(C2CCCCC2)cc1. The van der Waals surface area contributed by atoms with Crippen molar-refractivity contribution in [3.63, 3.8) is 0 Å². The van der Waals surface area contributed by atoms with Crippen LogP contribution in [0.4, 0.5) is 5.69 Å². The first-order valence-electron chi connectivity index (χ1n) is 9.23. The van der Waals surface area contributed by atoms with Gasteiger partial charge in [-0.15, -0.1) is 0 Å². The maximum absolute atomic E-state index is 12.7. The second-order valence-corrected chi connectivity index (χ2v) is 8.75. The van der Waals surface area contributed by atoms with Gasteiger partial charge in [0.2, 0.25) is 0 Å². The summed E-state index contributed by atoms with van der Waals surface area (Å²) in [6.07, 6.45) is 6.28. The molecule has 0 amide bonds. The summed E-state index contributed by atoms with van der Waals surface area (Å²) < 4.78 is 28.1. The van der Waals surface area contributed by atoms with Crippen LogP contribution in [-0.4, -0.2) is 8.42 Å². The third-order valence-corrected chi connectivity index (χ3v) is 6.67. The lowest BCUT2D eigenvalue weighted by Crippen LogP contribution is -2.13. The third kappa shape index (κ3) is 3.61. The van der Waals surface area contributed by atoms with Gasteiger partial charge in [-0.1, -0.05) is 61.7 Å². The number of hydrogen-bond donors (Lipinski definition) is 1. The van der Waals surface area contributed by atoms with Crippen molar-refractivity contribution in [3.8, 4) is 0 Å². The van der Waals surface area contributed by atoms with Crippen molar-refractivity contribution in [1.82, 2.24) is 0 Å². The van der Waals surface area contributed by atoms with E-state index in [-0.39, 0.29) is 0 Å². The molecule has 1 aliphatic carbocycles. The van der Waals surface area contributed by atoms with Crippen molar-refractivity contribution in [2.24, 2.45) is 0 Å². The zero-order valence-corrected chi connectivity index (χ0v) is 15.5. The third-order valence-electron chi connectivity index (χ3n) is 5.27. The van der Waals surface area contributed by atoms with Gasteiger partial charge >= 0.3 is 0 Å². The Morgan fingerprint density at radius 3 is 2.19 bits per heavy atom. The lowest BCUT2D eigenvalue weighted by atomic mass is 9.84. The summed E-state index contributed by atoms with van der Waals surface area (Å²) in [6, 6.07) is 20.9. The van der Waals surface area contributed by atoms with Gasteiger partial charge in [-0.05, 0) is 59.4 Å². The van der Waals surface area contributed by atoms with Gasteiger partial charge in [0.05, 0.1) is 4.90 Å². The summed E-state index contributed by atoms with van der Waals surface area (Å²) in [4.78, 5) is 0.310. The predicted molar refractivity (Wildman–Crippen MR) is 107 cm³/mol. The van der Waals surface area contributed by atoms with Gasteiger partial charge in [0.1, 0.15) is 0 Å². The minimum Gasteiger partial charge on any atom is -0.280 e. The van der Waals surface area contributed by atoms with E-state index in [0.717, 1.165) is 10.8 Å². The normalized spacial score (nSPS) is 15.8. The maximum Gasteiger partial charge on any atom is 0.261 e. The van der Waals surface area contributed by atoms with Gasteiger partial charge in [0.25, 0.3) is 10.0 Å². The van der Waals surface area contributed by atoms with Crippen molar-refractivity contribution in [1.29, 1.82) is 0 Å². The fourth-order valence-electron chi connectivity index (χ4n) is 3.82. The van der Waals surface area contributed by atoms with Crippen LogP contribution in [0.1, 0.15) is 43.6 Å². The van der Waals surface area contributed by atoms with Gasteiger partial charge in [-0.2, -0.15) is 0 Å². The van der Waals surface area contributed by atoms with Gasteiger partial charge in [0.15, 0.2) is 0 Å². The highest BCUT2D eigenvalue weighted by Gasteiger charge is 2.18. The summed E-state index contributed by atoms with van der Waals surface area (Å²) in [6.45, 7) is 0. The van der Waals surface area contributed by atoms with E-state index in [1.165, 1.54) is 37.7 Å². The summed E-state index contributed by atoms with van der Waals surface area (Å²) >= 11 is 0. The van der Waals surface area contributed by atoms with E-state index in [4.69, 9.17) is 0 Å². The second-order valence-electron chi connectivity index (χ2n) is 7.07. The lowest BCUT2D eigenvalue weighted by molar-refractivity contribution is 0.443. The van der Waals surface area contributed by atoms with Gasteiger partial charge in [-0.25, -0.2) is 8.42 Å². The van der Waals surface area contributed by atoms with Crippen molar-refractivity contribution in [3.05, 3.63) is 72.3 Å². The molecule has 1 saturated carbocycles. The smallest absolute Gasteiger partial charge is 0.261 e. The van der Waals surface area contributed by atoms with Crippen LogP contribution < -0.4 is 4.72 Å². The van der Waals surface area contributed by atoms with E-state index < -0.39 is 10.0 Å². The molecule has 0 heterocycles. The van der Waals surface area contributed by atoms with E-state index in [0.29, 0.717) is 16.5 Å². The first-order valence-corrected chi connectivity index (χ1v) is 10.7. The Hall–Kier alpha value is -2.33. The lowest BCUT2D eigenvalue weighted by Gasteiger charge is -2.22. The number of hydrogen-bond acceptors (Lipinski definition) is 2. The molecule has 3 aromatic carbocycles. The molecule has 0 bridgehead atoms. The van der Waals surface area contributed by atoms with Crippen LogP contribution in [0.2, 0.25) is 0 Å². The Balaban J connectivity index is 1.55. The van der Waals surface area contributed by atoms with Crippen molar-refractivity contribution < 1.29 is 8.42 Å². The summed E-state index contributed by atoms with van der Waals surface area (Å²) in [5.74, 6) is 0.578. The molecular formula is C22H23NO2S. The van der Waals surface area contributed by atoms with Gasteiger partial charge in [0, 0.05) is 5.69 Å². The Morgan fingerprint density at radius 1 is 0.769 bits per heavy atom. The predicted octanol–water partition coefficient (Wildman–Crippen LogP) is 5.69. The molecule has 134 valence electrons. The maximum atomic E-state index is 12.7. The van der Waals surface area contributed by atoms with E-state index in [1.807, 2.05) is 48.5 Å². The molecule has 0 unspecified atom stereocenters. The van der Waals surface area contributed by atoms with Crippen LogP contribution >= 0.6 is 0 Å². The first kappa shape index (κ1) is 17.1. The molecular weight excluding hydrogens is 342 g/mol. The van der Waals surface area contributed by atoms with Crippen LogP contribution in [0.25, 0.3) is 10.8 Å². The fraction of sp³-hybridized carbons (Fsp3) is 0.273. The van der Waals surface area contributed by atoms with E-state index >= 15 is 0 Å². The summed E-state index contributed by atoms with van der Waals surface area (Å²) in [5, 5.41) is 2.10.